The van der Waals surface area contributed by atoms with E-state index in [9.17, 15) is 26.8 Å². The highest BCUT2D eigenvalue weighted by Gasteiger charge is 2.62. The third-order valence-electron chi connectivity index (χ3n) is 8.69. The number of hydrogen-bond acceptors (Lipinski definition) is 5. The molecule has 0 radical (unpaired) electrons. The van der Waals surface area contributed by atoms with Gasteiger partial charge in [0.15, 0.2) is 0 Å². The van der Waals surface area contributed by atoms with Gasteiger partial charge in [-0.3, -0.25) is 9.35 Å². The number of hydrogen-bond donors (Lipinski definition) is 1. The van der Waals surface area contributed by atoms with Gasteiger partial charge < -0.3 is 4.74 Å². The van der Waals surface area contributed by atoms with Gasteiger partial charge in [0.2, 0.25) is 0 Å². The highest BCUT2D eigenvalue weighted by atomic mass is 32.2. The van der Waals surface area contributed by atoms with Gasteiger partial charge in [-0.25, -0.2) is 4.79 Å². The molecule has 1 aromatic rings. The fourth-order valence-corrected chi connectivity index (χ4v) is 7.81. The zero-order chi connectivity index (χ0) is 26.5. The monoisotopic (exact) mass is 520 g/mol. The number of carbonyl (C=O) groups excluding carboxylic acids is 2. The molecule has 4 saturated carbocycles. The number of benzene rings is 1. The van der Waals surface area contributed by atoms with Crippen LogP contribution in [0.15, 0.2) is 12.1 Å². The van der Waals surface area contributed by atoms with E-state index < -0.39 is 45.0 Å². The van der Waals surface area contributed by atoms with Crippen LogP contribution in [-0.4, -0.2) is 59.1 Å². The molecule has 5 rings (SSSR count). The maximum atomic E-state index is 13.8. The third kappa shape index (κ3) is 4.92. The lowest BCUT2D eigenvalue weighted by Gasteiger charge is -2.60. The van der Waals surface area contributed by atoms with Crippen molar-refractivity contribution in [3.63, 3.8) is 0 Å². The second-order valence-corrected chi connectivity index (χ2v) is 12.7. The van der Waals surface area contributed by atoms with Gasteiger partial charge in [-0.05, 0) is 62.0 Å². The van der Waals surface area contributed by atoms with E-state index in [4.69, 9.17) is 9.29 Å². The molecular weight excluding hydrogens is 487 g/mol. The number of ketones is 1. The molecule has 1 N–H and O–H groups in total. The highest BCUT2D eigenvalue weighted by Crippen LogP contribution is 2.63. The first kappa shape index (κ1) is 27.4. The van der Waals surface area contributed by atoms with Gasteiger partial charge in [0.1, 0.15) is 34.9 Å². The summed E-state index contributed by atoms with van der Waals surface area (Å²) in [6.07, 6.45) is 3.99. The fraction of sp³-hybridized carbons (Fsp3) is 0.667. The van der Waals surface area contributed by atoms with Gasteiger partial charge in [-0.15, -0.1) is 0 Å². The number of Topliss-reactive ketones (excluding diaryl/α,β-unsaturated/α-hetero) is 1. The summed E-state index contributed by atoms with van der Waals surface area (Å²) in [6.45, 7) is 0. The molecule has 4 aliphatic rings. The molecule has 4 bridgehead atoms. The minimum atomic E-state index is -5.59. The second kappa shape index (κ2) is 9.57. The summed E-state index contributed by atoms with van der Waals surface area (Å²) in [5.74, 6) is -0.497. The standard InChI is InChI=1S/C24H33B3F2O6S/c25-10-14-4-17(11-26)19(12-27)18(5-14)21(31)35-23-8-15-3-16(9-23)7-22(6-15,13-23)20(30)1-2-24(28,29)36(32,33)34/h4-5,15-16H,1-3,6-13,25-27H2,(H,32,33,34). The number of carbonyl (C=O) groups is 2. The molecule has 4 aliphatic carbocycles. The molecule has 0 spiro atoms. The van der Waals surface area contributed by atoms with Crippen molar-refractivity contribution in [2.45, 2.75) is 81.2 Å². The van der Waals surface area contributed by atoms with E-state index in [0.717, 1.165) is 35.8 Å². The zero-order valence-electron chi connectivity index (χ0n) is 21.2. The van der Waals surface area contributed by atoms with Crippen LogP contribution in [0.2, 0.25) is 0 Å². The SMILES string of the molecule is BCc1cc(CB)c(CB)c(C(=O)OC23CC4CC(C2)CC(C(=O)CCC(F)(F)S(=O)(=O)O)(C4)C3)c1. The van der Waals surface area contributed by atoms with E-state index in [-0.39, 0.29) is 24.2 Å². The maximum absolute atomic E-state index is 13.8. The molecule has 2 unspecified atom stereocenters. The van der Waals surface area contributed by atoms with Crippen LogP contribution in [0.3, 0.4) is 0 Å². The van der Waals surface area contributed by atoms with Gasteiger partial charge in [-0.1, -0.05) is 36.2 Å². The van der Waals surface area contributed by atoms with Gasteiger partial charge in [0.25, 0.3) is 0 Å². The summed E-state index contributed by atoms with van der Waals surface area (Å²) in [6, 6.07) is 4.04. The van der Waals surface area contributed by atoms with Crippen molar-refractivity contribution in [1.29, 1.82) is 0 Å². The van der Waals surface area contributed by atoms with E-state index in [1.54, 1.807) is 0 Å². The first-order valence-corrected chi connectivity index (χ1v) is 14.5. The minimum absolute atomic E-state index is 0.156. The Labute approximate surface area is 214 Å². The zero-order valence-corrected chi connectivity index (χ0v) is 22.1. The summed E-state index contributed by atoms with van der Waals surface area (Å²) in [5.41, 5.74) is 2.02. The molecule has 0 amide bonds. The quantitative estimate of drug-likeness (QED) is 0.285. The average Bonchev–Trinajstić information content (AvgIpc) is 2.79. The highest BCUT2D eigenvalue weighted by molar-refractivity contribution is 7.86. The summed E-state index contributed by atoms with van der Waals surface area (Å²) >= 11 is 0. The number of ether oxygens (including phenoxy) is 1. The molecule has 0 aliphatic heterocycles. The second-order valence-electron chi connectivity index (χ2n) is 11.2. The molecule has 194 valence electrons. The van der Waals surface area contributed by atoms with Crippen molar-refractivity contribution in [2.24, 2.45) is 17.3 Å². The lowest BCUT2D eigenvalue weighted by molar-refractivity contribution is -0.178. The Morgan fingerprint density at radius 1 is 1.06 bits per heavy atom. The van der Waals surface area contributed by atoms with Crippen molar-refractivity contribution in [1.82, 2.24) is 0 Å². The minimum Gasteiger partial charge on any atom is -0.455 e. The van der Waals surface area contributed by atoms with Crippen LogP contribution in [0.25, 0.3) is 0 Å². The predicted octanol–water partition coefficient (Wildman–Crippen LogP) is 1.41. The Hall–Kier alpha value is -1.68. The number of halogens is 2. The van der Waals surface area contributed by atoms with Gasteiger partial charge >= 0.3 is 21.3 Å². The molecule has 12 heteroatoms. The van der Waals surface area contributed by atoms with Crippen LogP contribution < -0.4 is 0 Å². The van der Waals surface area contributed by atoms with E-state index in [2.05, 4.69) is 13.9 Å². The molecule has 0 saturated heterocycles. The number of rotatable bonds is 10. The molecule has 4 fully saturated rings. The lowest BCUT2D eigenvalue weighted by Crippen LogP contribution is -2.59. The molecule has 6 nitrogen and oxygen atoms in total. The first-order valence-electron chi connectivity index (χ1n) is 13.0. The molecule has 0 aromatic heterocycles. The van der Waals surface area contributed by atoms with E-state index >= 15 is 0 Å². The van der Waals surface area contributed by atoms with Crippen molar-refractivity contribution < 1.29 is 36.1 Å². The van der Waals surface area contributed by atoms with E-state index in [1.165, 1.54) is 0 Å². The maximum Gasteiger partial charge on any atom is 0.370 e. The number of esters is 1. The van der Waals surface area contributed by atoms with Crippen LogP contribution in [0, 0.1) is 17.3 Å². The summed E-state index contributed by atoms with van der Waals surface area (Å²) in [5, 5.41) is -4.37. The van der Waals surface area contributed by atoms with Crippen LogP contribution >= 0.6 is 0 Å². The van der Waals surface area contributed by atoms with Gasteiger partial charge in [-0.2, -0.15) is 17.2 Å². The first-order chi connectivity index (χ1) is 16.8. The summed E-state index contributed by atoms with van der Waals surface area (Å²) in [7, 11) is 0.521. The molecule has 2 atom stereocenters. The Morgan fingerprint density at radius 2 is 1.69 bits per heavy atom. The van der Waals surface area contributed by atoms with Gasteiger partial charge in [0.05, 0.1) is 5.56 Å². The third-order valence-corrected chi connectivity index (χ3v) is 9.65. The Morgan fingerprint density at radius 3 is 2.22 bits per heavy atom. The lowest BCUT2D eigenvalue weighted by atomic mass is 9.46. The van der Waals surface area contributed by atoms with Crippen molar-refractivity contribution in [2.75, 3.05) is 0 Å². The number of alkyl halides is 2. The summed E-state index contributed by atoms with van der Waals surface area (Å²) in [4.78, 5) is 26.9. The molecule has 1 aromatic carbocycles. The van der Waals surface area contributed by atoms with Crippen molar-refractivity contribution in [3.05, 3.63) is 34.4 Å². The van der Waals surface area contributed by atoms with E-state index in [1.807, 2.05) is 21.8 Å². The Balaban J connectivity index is 1.59. The van der Waals surface area contributed by atoms with Crippen LogP contribution in [-0.2, 0) is 38.6 Å². The Kier molecular flexibility index (Phi) is 7.27. The molecular formula is C24H33B3F2O6S. The predicted molar refractivity (Wildman–Crippen MR) is 139 cm³/mol. The molecule has 0 heterocycles. The topological polar surface area (TPSA) is 97.7 Å². The van der Waals surface area contributed by atoms with Crippen LogP contribution in [0.5, 0.6) is 0 Å². The summed E-state index contributed by atoms with van der Waals surface area (Å²) < 4.78 is 64.8. The smallest absolute Gasteiger partial charge is 0.370 e. The largest absolute Gasteiger partial charge is 0.455 e. The fourth-order valence-electron chi connectivity index (χ4n) is 7.45. The van der Waals surface area contributed by atoms with Gasteiger partial charge in [0, 0.05) is 18.3 Å². The van der Waals surface area contributed by atoms with E-state index in [0.29, 0.717) is 37.6 Å². The average molecular weight is 520 g/mol. The normalized spacial score (nSPS) is 29.3. The van der Waals surface area contributed by atoms with Crippen LogP contribution in [0.4, 0.5) is 8.78 Å². The van der Waals surface area contributed by atoms with Crippen LogP contribution in [0.1, 0.15) is 78.4 Å². The van der Waals surface area contributed by atoms with Crippen molar-refractivity contribution >= 4 is 45.4 Å². The molecule has 36 heavy (non-hydrogen) atoms. The Bertz CT molecular complexity index is 1160. The van der Waals surface area contributed by atoms with Crippen molar-refractivity contribution in [3.8, 4) is 0 Å².